The first-order valence-corrected chi connectivity index (χ1v) is 7.66. The van der Waals surface area contributed by atoms with E-state index >= 15 is 0 Å². The number of hydrogen-bond acceptors (Lipinski definition) is 3. The zero-order chi connectivity index (χ0) is 17.2. The smallest absolute Gasteiger partial charge is 0.328 e. The quantitative estimate of drug-likeness (QED) is 0.775. The van der Waals surface area contributed by atoms with E-state index in [2.05, 4.69) is 11.7 Å². The minimum Gasteiger partial charge on any atom is -0.328 e. The molecule has 2 heterocycles. The first-order valence-electron chi connectivity index (χ1n) is 6.78. The highest BCUT2D eigenvalue weighted by molar-refractivity contribution is 7.10. The largest absolute Gasteiger partial charge is 0.425 e. The Hall–Kier alpha value is -2.09. The molecule has 8 heteroatoms. The molecule has 0 bridgehead atoms. The van der Waals surface area contributed by atoms with Crippen LogP contribution >= 0.6 is 11.3 Å². The molecule has 23 heavy (non-hydrogen) atoms. The van der Waals surface area contributed by atoms with Crippen molar-refractivity contribution in [3.8, 4) is 0 Å². The number of carbonyl (C=O) groups is 1. The van der Waals surface area contributed by atoms with Gasteiger partial charge >= 0.3 is 6.18 Å². The van der Waals surface area contributed by atoms with Gasteiger partial charge in [0.25, 0.3) is 0 Å². The summed E-state index contributed by atoms with van der Waals surface area (Å²) in [7, 11) is 1.75. The molecule has 0 aromatic carbocycles. The second-order valence-electron chi connectivity index (χ2n) is 5.11. The number of nitrogens with zero attached hydrogens (tertiary/aromatic N) is 3. The van der Waals surface area contributed by atoms with E-state index in [1.54, 1.807) is 31.0 Å². The molecular weight excluding hydrogens is 327 g/mol. The van der Waals surface area contributed by atoms with Crippen molar-refractivity contribution in [2.75, 3.05) is 0 Å². The molecule has 1 atom stereocenters. The fraction of sp³-hybridized carbons (Fsp3) is 0.333. The van der Waals surface area contributed by atoms with Crippen molar-refractivity contribution in [1.29, 1.82) is 0 Å². The Morgan fingerprint density at radius 3 is 2.74 bits per heavy atom. The lowest BCUT2D eigenvalue weighted by Crippen LogP contribution is -2.31. The number of thiophene rings is 1. The van der Waals surface area contributed by atoms with Crippen LogP contribution in [0.15, 0.2) is 36.5 Å². The summed E-state index contributed by atoms with van der Waals surface area (Å²) in [5.74, 6) is -0.346. The van der Waals surface area contributed by atoms with Gasteiger partial charge in [-0.3, -0.25) is 9.48 Å². The summed E-state index contributed by atoms with van der Waals surface area (Å²) in [6, 6.07) is 0.743. The normalized spacial score (nSPS) is 12.9. The van der Waals surface area contributed by atoms with E-state index in [0.29, 0.717) is 16.9 Å². The number of halogens is 3. The summed E-state index contributed by atoms with van der Waals surface area (Å²) in [5.41, 5.74) is 1.24. The Bertz CT molecular complexity index is 705. The van der Waals surface area contributed by atoms with E-state index < -0.39 is 11.1 Å². The van der Waals surface area contributed by atoms with E-state index in [9.17, 15) is 18.0 Å². The van der Waals surface area contributed by atoms with Crippen LogP contribution in [0.2, 0.25) is 0 Å². The molecule has 2 aromatic heterocycles. The molecule has 4 nitrogen and oxygen atoms in total. The summed E-state index contributed by atoms with van der Waals surface area (Å²) in [6.07, 6.45) is 0.181. The topological polar surface area (TPSA) is 38.1 Å². The number of alkyl halides is 3. The Balaban J connectivity index is 2.24. The third kappa shape index (κ3) is 4.01. The summed E-state index contributed by atoms with van der Waals surface area (Å²) in [5, 5.41) is 5.47. The van der Waals surface area contributed by atoms with Gasteiger partial charge < -0.3 is 4.90 Å². The van der Waals surface area contributed by atoms with Crippen LogP contribution in [-0.4, -0.2) is 20.6 Å². The maximum atomic E-state index is 12.7. The van der Waals surface area contributed by atoms with Crippen molar-refractivity contribution in [2.45, 2.75) is 25.7 Å². The second kappa shape index (κ2) is 6.57. The van der Waals surface area contributed by atoms with E-state index in [4.69, 9.17) is 0 Å². The van der Waals surface area contributed by atoms with Gasteiger partial charge in [0.05, 0.1) is 12.2 Å². The SMILES string of the molecule is C=CC(=O)N(Cc1csc(C(F)(F)F)c1)C(C)c1cnn(C)c1. The first-order chi connectivity index (χ1) is 10.7. The molecule has 0 saturated carbocycles. The number of carbonyl (C=O) groups excluding carboxylic acids is 1. The number of amides is 1. The Labute approximate surface area is 135 Å². The Kier molecular flexibility index (Phi) is 4.93. The van der Waals surface area contributed by atoms with E-state index in [1.165, 1.54) is 10.3 Å². The van der Waals surface area contributed by atoms with Crippen molar-refractivity contribution in [3.05, 3.63) is 52.5 Å². The van der Waals surface area contributed by atoms with Gasteiger partial charge in [-0.25, -0.2) is 0 Å². The lowest BCUT2D eigenvalue weighted by atomic mass is 10.1. The number of rotatable bonds is 5. The highest BCUT2D eigenvalue weighted by atomic mass is 32.1. The number of aromatic nitrogens is 2. The standard InChI is InChI=1S/C15H16F3N3OS/c1-4-14(22)21(10(2)12-6-19-20(3)8-12)7-11-5-13(23-9-11)15(16,17)18/h4-6,8-10H,1,7H2,2-3H3. The lowest BCUT2D eigenvalue weighted by Gasteiger charge is -2.27. The summed E-state index contributed by atoms with van der Waals surface area (Å²) in [4.78, 5) is 12.9. The van der Waals surface area contributed by atoms with Gasteiger partial charge in [0, 0.05) is 25.4 Å². The molecule has 0 aliphatic heterocycles. The predicted octanol–water partition coefficient (Wildman–Crippen LogP) is 3.78. The van der Waals surface area contributed by atoms with Crippen LogP contribution in [0.1, 0.15) is 29.0 Å². The first kappa shape index (κ1) is 17.3. The van der Waals surface area contributed by atoms with E-state index in [1.807, 2.05) is 0 Å². The van der Waals surface area contributed by atoms with Crippen LogP contribution in [0.3, 0.4) is 0 Å². The van der Waals surface area contributed by atoms with Gasteiger partial charge in [-0.2, -0.15) is 18.3 Å². The molecule has 1 unspecified atom stereocenters. The summed E-state index contributed by atoms with van der Waals surface area (Å²) >= 11 is 0.624. The second-order valence-corrected chi connectivity index (χ2v) is 6.02. The van der Waals surface area contributed by atoms with Crippen LogP contribution in [0.4, 0.5) is 13.2 Å². The van der Waals surface area contributed by atoms with Crippen LogP contribution in [-0.2, 0) is 24.6 Å². The molecule has 0 aliphatic carbocycles. The maximum absolute atomic E-state index is 12.7. The van der Waals surface area contributed by atoms with Crippen LogP contribution < -0.4 is 0 Å². The van der Waals surface area contributed by atoms with Crippen molar-refractivity contribution in [1.82, 2.24) is 14.7 Å². The highest BCUT2D eigenvalue weighted by Gasteiger charge is 2.33. The molecule has 2 aromatic rings. The fourth-order valence-electron chi connectivity index (χ4n) is 2.16. The van der Waals surface area contributed by atoms with Crippen molar-refractivity contribution < 1.29 is 18.0 Å². The summed E-state index contributed by atoms with van der Waals surface area (Å²) in [6.45, 7) is 5.34. The molecule has 0 N–H and O–H groups in total. The van der Waals surface area contributed by atoms with Gasteiger partial charge in [-0.05, 0) is 30.0 Å². The van der Waals surface area contributed by atoms with E-state index in [-0.39, 0.29) is 18.5 Å². The van der Waals surface area contributed by atoms with Gasteiger partial charge in [-0.15, -0.1) is 11.3 Å². The average molecular weight is 343 g/mol. The molecule has 0 aliphatic rings. The molecule has 124 valence electrons. The number of aryl methyl sites for hydroxylation is 1. The van der Waals surface area contributed by atoms with Crippen molar-refractivity contribution in [3.63, 3.8) is 0 Å². The third-order valence-corrected chi connectivity index (χ3v) is 4.44. The van der Waals surface area contributed by atoms with Crippen molar-refractivity contribution >= 4 is 17.2 Å². The van der Waals surface area contributed by atoms with Gasteiger partial charge in [0.15, 0.2) is 0 Å². The third-order valence-electron chi connectivity index (χ3n) is 3.42. The minimum atomic E-state index is -4.37. The number of hydrogen-bond donors (Lipinski definition) is 0. The minimum absolute atomic E-state index is 0.0769. The molecule has 2 rings (SSSR count). The summed E-state index contributed by atoms with van der Waals surface area (Å²) < 4.78 is 39.7. The predicted molar refractivity (Wildman–Crippen MR) is 81.7 cm³/mol. The van der Waals surface area contributed by atoms with Crippen LogP contribution in [0.5, 0.6) is 0 Å². The van der Waals surface area contributed by atoms with Crippen LogP contribution in [0.25, 0.3) is 0 Å². The average Bonchev–Trinajstić information content (AvgIpc) is 3.11. The Morgan fingerprint density at radius 2 is 2.26 bits per heavy atom. The van der Waals surface area contributed by atoms with E-state index in [0.717, 1.165) is 17.7 Å². The molecular formula is C15H16F3N3OS. The molecule has 0 fully saturated rings. The molecule has 0 spiro atoms. The monoisotopic (exact) mass is 343 g/mol. The van der Waals surface area contributed by atoms with Gasteiger partial charge in [0.1, 0.15) is 4.88 Å². The van der Waals surface area contributed by atoms with Gasteiger partial charge in [-0.1, -0.05) is 6.58 Å². The lowest BCUT2D eigenvalue weighted by molar-refractivity contribution is -0.134. The Morgan fingerprint density at radius 1 is 1.57 bits per heavy atom. The molecule has 0 saturated heterocycles. The highest BCUT2D eigenvalue weighted by Crippen LogP contribution is 2.35. The molecule has 0 radical (unpaired) electrons. The van der Waals surface area contributed by atoms with Gasteiger partial charge in [0.2, 0.25) is 5.91 Å². The fourth-order valence-corrected chi connectivity index (χ4v) is 2.94. The molecule has 1 amide bonds. The maximum Gasteiger partial charge on any atom is 0.425 e. The van der Waals surface area contributed by atoms with Crippen molar-refractivity contribution in [2.24, 2.45) is 7.05 Å². The zero-order valence-corrected chi connectivity index (χ0v) is 13.5. The zero-order valence-electron chi connectivity index (χ0n) is 12.7. The van der Waals surface area contributed by atoms with Crippen LogP contribution in [0, 0.1) is 0 Å².